The number of benzene rings is 1. The van der Waals surface area contributed by atoms with Crippen molar-refractivity contribution in [3.05, 3.63) is 63.9 Å². The fourth-order valence-electron chi connectivity index (χ4n) is 3.04. The predicted molar refractivity (Wildman–Crippen MR) is 102 cm³/mol. The zero-order chi connectivity index (χ0) is 18.5. The molecule has 2 amide bonds. The number of carbonyl (C=O) groups is 2. The lowest BCUT2D eigenvalue weighted by molar-refractivity contribution is 0.0684. The summed E-state index contributed by atoms with van der Waals surface area (Å²) in [6.07, 6.45) is 4.94. The molecule has 7 heteroatoms. The molecule has 1 aromatic heterocycles. The molecule has 1 aromatic carbocycles. The van der Waals surface area contributed by atoms with Crippen LogP contribution in [0.3, 0.4) is 0 Å². The molecule has 1 aliphatic rings. The minimum absolute atomic E-state index is 0.00848. The highest BCUT2D eigenvalue weighted by Gasteiger charge is 2.24. The van der Waals surface area contributed by atoms with Crippen LogP contribution in [-0.2, 0) is 0 Å². The molecule has 1 aliphatic heterocycles. The SMILES string of the molecule is O=C(NCC1CCN(C(=O)c2cccnc2)CC1)c1cc(Cl)cc(Cl)c1. The molecule has 2 aromatic rings. The van der Waals surface area contributed by atoms with Crippen LogP contribution in [-0.4, -0.2) is 41.3 Å². The van der Waals surface area contributed by atoms with Crippen LogP contribution in [0.5, 0.6) is 0 Å². The van der Waals surface area contributed by atoms with Gasteiger partial charge in [-0.1, -0.05) is 23.2 Å². The van der Waals surface area contributed by atoms with Crippen LogP contribution in [0.2, 0.25) is 10.0 Å². The van der Waals surface area contributed by atoms with Gasteiger partial charge in [-0.25, -0.2) is 0 Å². The van der Waals surface area contributed by atoms with E-state index in [-0.39, 0.29) is 11.8 Å². The third-order valence-electron chi connectivity index (χ3n) is 4.49. The highest BCUT2D eigenvalue weighted by molar-refractivity contribution is 6.35. The van der Waals surface area contributed by atoms with Gasteiger partial charge in [0.1, 0.15) is 0 Å². The Morgan fingerprint density at radius 3 is 2.42 bits per heavy atom. The van der Waals surface area contributed by atoms with Gasteiger partial charge in [0, 0.05) is 47.6 Å². The van der Waals surface area contributed by atoms with Gasteiger partial charge >= 0.3 is 0 Å². The molecule has 0 unspecified atom stereocenters. The third kappa shape index (κ3) is 4.74. The third-order valence-corrected chi connectivity index (χ3v) is 4.92. The van der Waals surface area contributed by atoms with Crippen LogP contribution < -0.4 is 5.32 Å². The van der Waals surface area contributed by atoms with E-state index in [1.165, 1.54) is 0 Å². The number of piperidine rings is 1. The van der Waals surface area contributed by atoms with Crippen LogP contribution in [0.25, 0.3) is 0 Å². The van der Waals surface area contributed by atoms with Crippen LogP contribution in [0, 0.1) is 5.92 Å². The Hall–Kier alpha value is -2.11. The molecule has 0 saturated carbocycles. The van der Waals surface area contributed by atoms with Gasteiger partial charge in [0.25, 0.3) is 11.8 Å². The second-order valence-corrected chi connectivity index (χ2v) is 7.22. The summed E-state index contributed by atoms with van der Waals surface area (Å²) in [5, 5.41) is 3.80. The highest BCUT2D eigenvalue weighted by Crippen LogP contribution is 2.20. The largest absolute Gasteiger partial charge is 0.352 e. The molecule has 3 rings (SSSR count). The quantitative estimate of drug-likeness (QED) is 0.864. The number of hydrogen-bond acceptors (Lipinski definition) is 3. The topological polar surface area (TPSA) is 62.3 Å². The van der Waals surface area contributed by atoms with Crippen molar-refractivity contribution >= 4 is 35.0 Å². The summed E-state index contributed by atoms with van der Waals surface area (Å²) in [4.78, 5) is 30.5. The highest BCUT2D eigenvalue weighted by atomic mass is 35.5. The second-order valence-electron chi connectivity index (χ2n) is 6.35. The van der Waals surface area contributed by atoms with Crippen molar-refractivity contribution in [3.8, 4) is 0 Å². The lowest BCUT2D eigenvalue weighted by atomic mass is 9.96. The zero-order valence-electron chi connectivity index (χ0n) is 14.1. The van der Waals surface area contributed by atoms with E-state index in [9.17, 15) is 9.59 Å². The van der Waals surface area contributed by atoms with E-state index in [1.807, 2.05) is 4.90 Å². The molecule has 0 atom stereocenters. The molecule has 2 heterocycles. The number of rotatable bonds is 4. The van der Waals surface area contributed by atoms with Gasteiger partial charge in [0.15, 0.2) is 0 Å². The zero-order valence-corrected chi connectivity index (χ0v) is 15.6. The standard InChI is InChI=1S/C19H19Cl2N3O2/c20-16-8-15(9-17(21)10-16)18(25)23-11-13-3-6-24(7-4-13)19(26)14-2-1-5-22-12-14/h1-2,5,8-10,12-13H,3-4,6-7,11H2,(H,23,25). The number of carbonyl (C=O) groups excluding carboxylic acids is 2. The van der Waals surface area contributed by atoms with Gasteiger partial charge in [-0.2, -0.15) is 0 Å². The maximum Gasteiger partial charge on any atom is 0.255 e. The van der Waals surface area contributed by atoms with E-state index in [0.717, 1.165) is 12.8 Å². The molecule has 26 heavy (non-hydrogen) atoms. The molecule has 1 fully saturated rings. The summed E-state index contributed by atoms with van der Waals surface area (Å²) in [7, 11) is 0. The van der Waals surface area contributed by atoms with Crippen molar-refractivity contribution in [2.75, 3.05) is 19.6 Å². The molecule has 1 saturated heterocycles. The molecular weight excluding hydrogens is 373 g/mol. The first-order chi connectivity index (χ1) is 12.5. The number of likely N-dealkylation sites (tertiary alicyclic amines) is 1. The summed E-state index contributed by atoms with van der Waals surface area (Å²) < 4.78 is 0. The molecule has 136 valence electrons. The number of nitrogens with zero attached hydrogens (tertiary/aromatic N) is 2. The van der Waals surface area contributed by atoms with Gasteiger partial charge < -0.3 is 10.2 Å². The second kappa shape index (κ2) is 8.52. The predicted octanol–water partition coefficient (Wildman–Crippen LogP) is 3.67. The summed E-state index contributed by atoms with van der Waals surface area (Å²) >= 11 is 11.9. The first-order valence-electron chi connectivity index (χ1n) is 8.46. The van der Waals surface area contributed by atoms with Crippen molar-refractivity contribution in [3.63, 3.8) is 0 Å². The Labute approximate surface area is 162 Å². The number of pyridine rings is 1. The van der Waals surface area contributed by atoms with E-state index < -0.39 is 0 Å². The number of hydrogen-bond donors (Lipinski definition) is 1. The Kier molecular flexibility index (Phi) is 6.12. The average molecular weight is 392 g/mol. The van der Waals surface area contributed by atoms with Gasteiger partial charge in [0.2, 0.25) is 0 Å². The minimum Gasteiger partial charge on any atom is -0.352 e. The van der Waals surface area contributed by atoms with Crippen molar-refractivity contribution < 1.29 is 9.59 Å². The molecule has 0 bridgehead atoms. The minimum atomic E-state index is -0.191. The average Bonchev–Trinajstić information content (AvgIpc) is 2.66. The van der Waals surface area contributed by atoms with E-state index in [2.05, 4.69) is 10.3 Å². The number of aromatic nitrogens is 1. The smallest absolute Gasteiger partial charge is 0.255 e. The van der Waals surface area contributed by atoms with E-state index >= 15 is 0 Å². The van der Waals surface area contributed by atoms with Gasteiger partial charge in [-0.15, -0.1) is 0 Å². The molecule has 1 N–H and O–H groups in total. The lowest BCUT2D eigenvalue weighted by Crippen LogP contribution is -2.41. The summed E-state index contributed by atoms with van der Waals surface area (Å²) in [5.41, 5.74) is 1.06. The van der Waals surface area contributed by atoms with Crippen LogP contribution in [0.4, 0.5) is 0 Å². The Balaban J connectivity index is 1.48. The summed E-state index contributed by atoms with van der Waals surface area (Å²) in [6.45, 7) is 1.92. The first-order valence-corrected chi connectivity index (χ1v) is 9.22. The first kappa shape index (κ1) is 18.7. The number of amides is 2. The lowest BCUT2D eigenvalue weighted by Gasteiger charge is -2.32. The van der Waals surface area contributed by atoms with Crippen molar-refractivity contribution in [2.45, 2.75) is 12.8 Å². The fourth-order valence-corrected chi connectivity index (χ4v) is 3.56. The van der Waals surface area contributed by atoms with Gasteiger partial charge in [-0.05, 0) is 49.1 Å². The summed E-state index contributed by atoms with van der Waals surface area (Å²) in [6, 6.07) is 8.32. The normalized spacial score (nSPS) is 14.9. The molecule has 5 nitrogen and oxygen atoms in total. The Bertz CT molecular complexity index is 770. The van der Waals surface area contributed by atoms with E-state index in [0.29, 0.717) is 46.7 Å². The van der Waals surface area contributed by atoms with Gasteiger partial charge in [0.05, 0.1) is 5.56 Å². The monoisotopic (exact) mass is 391 g/mol. The Morgan fingerprint density at radius 2 is 1.81 bits per heavy atom. The van der Waals surface area contributed by atoms with Crippen LogP contribution >= 0.6 is 23.2 Å². The summed E-state index contributed by atoms with van der Waals surface area (Å²) in [5.74, 6) is 0.156. The maximum absolute atomic E-state index is 12.4. The fraction of sp³-hybridized carbons (Fsp3) is 0.316. The van der Waals surface area contributed by atoms with Crippen molar-refractivity contribution in [2.24, 2.45) is 5.92 Å². The molecule has 0 spiro atoms. The van der Waals surface area contributed by atoms with Crippen LogP contribution in [0.15, 0.2) is 42.7 Å². The van der Waals surface area contributed by atoms with E-state index in [4.69, 9.17) is 23.2 Å². The molecule has 0 aliphatic carbocycles. The van der Waals surface area contributed by atoms with Gasteiger partial charge in [-0.3, -0.25) is 14.6 Å². The Morgan fingerprint density at radius 1 is 1.12 bits per heavy atom. The number of nitrogens with one attached hydrogen (secondary N) is 1. The maximum atomic E-state index is 12.4. The van der Waals surface area contributed by atoms with Crippen molar-refractivity contribution in [1.82, 2.24) is 15.2 Å². The molecular formula is C19H19Cl2N3O2. The van der Waals surface area contributed by atoms with Crippen molar-refractivity contribution in [1.29, 1.82) is 0 Å². The number of halogens is 2. The van der Waals surface area contributed by atoms with Crippen LogP contribution in [0.1, 0.15) is 33.6 Å². The van der Waals surface area contributed by atoms with E-state index in [1.54, 1.807) is 42.7 Å². The molecule has 0 radical (unpaired) electrons.